The predicted octanol–water partition coefficient (Wildman–Crippen LogP) is 3.97. The number of nitrogen functional groups attached to an aromatic ring is 1. The van der Waals surface area contributed by atoms with Crippen LogP contribution in [0.1, 0.15) is 10.4 Å². The number of carbonyl (C=O) groups is 1. The average molecular weight is 299 g/mol. The van der Waals surface area contributed by atoms with Gasteiger partial charge in [0.25, 0.3) is 5.91 Å². The molecule has 19 heavy (non-hydrogen) atoms. The average Bonchev–Trinajstić information content (AvgIpc) is 2.34. The highest BCUT2D eigenvalue weighted by atomic mass is 35.5. The van der Waals surface area contributed by atoms with Crippen molar-refractivity contribution in [3.8, 4) is 0 Å². The van der Waals surface area contributed by atoms with Crippen LogP contribution in [0, 0.1) is 5.82 Å². The van der Waals surface area contributed by atoms with Crippen molar-refractivity contribution in [3.05, 3.63) is 57.8 Å². The molecule has 0 aliphatic heterocycles. The summed E-state index contributed by atoms with van der Waals surface area (Å²) in [4.78, 5) is 12.0. The van der Waals surface area contributed by atoms with Crippen LogP contribution < -0.4 is 11.1 Å². The monoisotopic (exact) mass is 298 g/mol. The number of nitrogens with two attached hydrogens (primary N) is 1. The highest BCUT2D eigenvalue weighted by molar-refractivity contribution is 6.44. The molecule has 98 valence electrons. The van der Waals surface area contributed by atoms with Gasteiger partial charge in [-0.3, -0.25) is 4.79 Å². The minimum atomic E-state index is -0.505. The summed E-state index contributed by atoms with van der Waals surface area (Å²) in [5.74, 6) is -0.989. The number of rotatable bonds is 2. The molecule has 0 aliphatic carbocycles. The van der Waals surface area contributed by atoms with Crippen LogP contribution in [-0.2, 0) is 0 Å². The van der Waals surface area contributed by atoms with E-state index in [1.54, 1.807) is 18.2 Å². The molecule has 6 heteroatoms. The van der Waals surface area contributed by atoms with Crippen LogP contribution in [0.3, 0.4) is 0 Å². The smallest absolute Gasteiger partial charge is 0.257 e. The van der Waals surface area contributed by atoms with Crippen LogP contribution in [0.15, 0.2) is 36.4 Å². The van der Waals surface area contributed by atoms with Gasteiger partial charge in [0, 0.05) is 5.69 Å². The maximum absolute atomic E-state index is 12.9. The van der Waals surface area contributed by atoms with Crippen LogP contribution in [0.25, 0.3) is 0 Å². The Hall–Kier alpha value is -1.78. The van der Waals surface area contributed by atoms with Crippen molar-refractivity contribution in [2.24, 2.45) is 0 Å². The lowest BCUT2D eigenvalue weighted by atomic mass is 10.1. The third-order valence-electron chi connectivity index (χ3n) is 2.46. The van der Waals surface area contributed by atoms with E-state index in [0.717, 1.165) is 12.1 Å². The maximum atomic E-state index is 12.9. The second kappa shape index (κ2) is 5.47. The first kappa shape index (κ1) is 13.6. The van der Waals surface area contributed by atoms with E-state index < -0.39 is 11.7 Å². The number of benzene rings is 2. The molecule has 0 radical (unpaired) electrons. The lowest BCUT2D eigenvalue weighted by molar-refractivity contribution is 0.102. The predicted molar refractivity (Wildman–Crippen MR) is 75.2 cm³/mol. The second-order valence-electron chi connectivity index (χ2n) is 3.79. The molecule has 0 atom stereocenters. The van der Waals surface area contributed by atoms with Crippen molar-refractivity contribution >= 4 is 40.5 Å². The van der Waals surface area contributed by atoms with Crippen LogP contribution in [0.4, 0.5) is 15.8 Å². The molecule has 2 rings (SSSR count). The summed E-state index contributed by atoms with van der Waals surface area (Å²) < 4.78 is 12.9. The molecule has 0 aromatic heterocycles. The highest BCUT2D eigenvalue weighted by Crippen LogP contribution is 2.30. The van der Waals surface area contributed by atoms with Gasteiger partial charge in [0.1, 0.15) is 5.82 Å². The molecule has 0 aliphatic rings. The van der Waals surface area contributed by atoms with Crippen LogP contribution in [0.2, 0.25) is 10.0 Å². The van der Waals surface area contributed by atoms with Crippen molar-refractivity contribution in [2.45, 2.75) is 0 Å². The van der Waals surface area contributed by atoms with Gasteiger partial charge in [-0.1, -0.05) is 29.3 Å². The van der Waals surface area contributed by atoms with E-state index in [9.17, 15) is 9.18 Å². The Kier molecular flexibility index (Phi) is 3.93. The number of carbonyl (C=O) groups excluding carboxylic acids is 1. The number of hydrogen-bond acceptors (Lipinski definition) is 2. The molecule has 0 heterocycles. The molecule has 0 unspecified atom stereocenters. The van der Waals surface area contributed by atoms with E-state index in [-0.39, 0.29) is 16.3 Å². The van der Waals surface area contributed by atoms with E-state index in [0.29, 0.717) is 10.7 Å². The van der Waals surface area contributed by atoms with Crippen LogP contribution >= 0.6 is 23.2 Å². The zero-order valence-corrected chi connectivity index (χ0v) is 11.1. The van der Waals surface area contributed by atoms with Gasteiger partial charge in [-0.2, -0.15) is 0 Å². The van der Waals surface area contributed by atoms with Gasteiger partial charge in [-0.05, 0) is 30.3 Å². The van der Waals surface area contributed by atoms with Gasteiger partial charge in [-0.25, -0.2) is 4.39 Å². The molecule has 0 saturated carbocycles. The molecule has 3 N–H and O–H groups in total. The van der Waals surface area contributed by atoms with E-state index in [2.05, 4.69) is 5.32 Å². The van der Waals surface area contributed by atoms with Gasteiger partial charge in [-0.15, -0.1) is 0 Å². The summed E-state index contributed by atoms with van der Waals surface area (Å²) >= 11 is 11.8. The Balaban J connectivity index is 2.28. The quantitative estimate of drug-likeness (QED) is 0.824. The van der Waals surface area contributed by atoms with Crippen molar-refractivity contribution in [3.63, 3.8) is 0 Å². The minimum absolute atomic E-state index is 0.0515. The first-order chi connectivity index (χ1) is 8.99. The lowest BCUT2D eigenvalue weighted by Crippen LogP contribution is -2.14. The molecule has 0 spiro atoms. The Labute approximate surface area is 119 Å². The molecule has 0 bridgehead atoms. The van der Waals surface area contributed by atoms with E-state index in [4.69, 9.17) is 28.9 Å². The normalized spacial score (nSPS) is 10.3. The van der Waals surface area contributed by atoms with E-state index in [1.807, 2.05) is 0 Å². The van der Waals surface area contributed by atoms with Gasteiger partial charge in [0.05, 0.1) is 21.3 Å². The van der Waals surface area contributed by atoms with Gasteiger partial charge in [0.15, 0.2) is 0 Å². The Morgan fingerprint density at radius 2 is 1.95 bits per heavy atom. The Morgan fingerprint density at radius 3 is 2.63 bits per heavy atom. The fraction of sp³-hybridized carbons (Fsp3) is 0. The highest BCUT2D eigenvalue weighted by Gasteiger charge is 2.13. The number of anilines is 2. The second-order valence-corrected chi connectivity index (χ2v) is 4.57. The van der Waals surface area contributed by atoms with Crippen LogP contribution in [-0.4, -0.2) is 5.91 Å². The molecular formula is C13H9Cl2FN2O. The zero-order valence-electron chi connectivity index (χ0n) is 9.58. The summed E-state index contributed by atoms with van der Waals surface area (Å²) in [5, 5.41) is 3.13. The first-order valence-electron chi connectivity index (χ1n) is 5.29. The number of halogens is 3. The summed E-state index contributed by atoms with van der Waals surface area (Å²) in [6.07, 6.45) is 0. The summed E-state index contributed by atoms with van der Waals surface area (Å²) in [6.45, 7) is 0. The third-order valence-corrected chi connectivity index (χ3v) is 3.28. The van der Waals surface area contributed by atoms with Gasteiger partial charge >= 0.3 is 0 Å². The van der Waals surface area contributed by atoms with Gasteiger partial charge in [0.2, 0.25) is 0 Å². The number of hydrogen-bond donors (Lipinski definition) is 2. The largest absolute Gasteiger partial charge is 0.398 e. The molecular weight excluding hydrogens is 290 g/mol. The van der Waals surface area contributed by atoms with E-state index in [1.165, 1.54) is 6.07 Å². The van der Waals surface area contributed by atoms with Crippen molar-refractivity contribution in [1.82, 2.24) is 0 Å². The summed E-state index contributed by atoms with van der Waals surface area (Å²) in [5.41, 5.74) is 6.16. The van der Waals surface area contributed by atoms with Crippen molar-refractivity contribution in [1.29, 1.82) is 0 Å². The third kappa shape index (κ3) is 2.97. The molecule has 0 fully saturated rings. The fourth-order valence-electron chi connectivity index (χ4n) is 1.53. The standard InChI is InChI=1S/C13H9Cl2FN2O/c14-9-2-1-3-11(12(9)15)18-13(19)8-5-4-7(16)6-10(8)17/h1-6H,17H2,(H,18,19). The molecule has 1 amide bonds. The minimum Gasteiger partial charge on any atom is -0.398 e. The van der Waals surface area contributed by atoms with Crippen molar-refractivity contribution < 1.29 is 9.18 Å². The molecule has 0 saturated heterocycles. The summed E-state index contributed by atoms with van der Waals surface area (Å²) in [7, 11) is 0. The zero-order chi connectivity index (χ0) is 14.0. The summed E-state index contributed by atoms with van der Waals surface area (Å²) in [6, 6.07) is 8.40. The van der Waals surface area contributed by atoms with Crippen molar-refractivity contribution in [2.75, 3.05) is 11.1 Å². The molecule has 2 aromatic rings. The van der Waals surface area contributed by atoms with E-state index >= 15 is 0 Å². The maximum Gasteiger partial charge on any atom is 0.257 e. The first-order valence-corrected chi connectivity index (χ1v) is 6.05. The topological polar surface area (TPSA) is 55.1 Å². The fourth-order valence-corrected chi connectivity index (χ4v) is 1.88. The Morgan fingerprint density at radius 1 is 1.21 bits per heavy atom. The molecule has 2 aromatic carbocycles. The molecule has 3 nitrogen and oxygen atoms in total. The van der Waals surface area contributed by atoms with Gasteiger partial charge < -0.3 is 11.1 Å². The number of amides is 1. The SMILES string of the molecule is Nc1cc(F)ccc1C(=O)Nc1cccc(Cl)c1Cl. The number of nitrogens with one attached hydrogen (secondary N) is 1. The lowest BCUT2D eigenvalue weighted by Gasteiger charge is -2.09. The Bertz CT molecular complexity index is 647. The van der Waals surface area contributed by atoms with Crippen LogP contribution in [0.5, 0.6) is 0 Å².